The molecule has 0 spiro atoms. The Morgan fingerprint density at radius 2 is 0.938 bits per heavy atom. The Morgan fingerprint density at radius 1 is 0.521 bits per heavy atom. The molecule has 0 aliphatic heterocycles. The van der Waals surface area contributed by atoms with Gasteiger partial charge in [0.25, 0.3) is 0 Å². The molecule has 276 valence electrons. The molecule has 1 aliphatic rings. The van der Waals surface area contributed by atoms with Crippen LogP contribution >= 0.6 is 0 Å². The Labute approximate surface area is 297 Å². The number of unbranched alkanes of at least 4 members (excludes halogenated alkanes) is 15. The van der Waals surface area contributed by atoms with Crippen LogP contribution in [0.25, 0.3) is 0 Å². The lowest BCUT2D eigenvalue weighted by molar-refractivity contribution is -0.174. The topological polar surface area (TPSA) is 55.8 Å². The first kappa shape index (κ1) is 43.9. The van der Waals surface area contributed by atoms with Crippen molar-refractivity contribution in [3.05, 3.63) is 48.6 Å². The van der Waals surface area contributed by atoms with Crippen LogP contribution in [0, 0.1) is 0 Å². The molecule has 0 aromatic carbocycles. The second-order valence-corrected chi connectivity index (χ2v) is 14.1. The van der Waals surface area contributed by atoms with Crippen LogP contribution in [0.1, 0.15) is 181 Å². The number of nitrogens with zero attached hydrogens (tertiary/aromatic N) is 1. The van der Waals surface area contributed by atoms with Crippen LogP contribution in [0.4, 0.5) is 0 Å². The van der Waals surface area contributed by atoms with E-state index >= 15 is 0 Å². The van der Waals surface area contributed by atoms with E-state index in [0.717, 1.165) is 83.5 Å². The van der Waals surface area contributed by atoms with Crippen LogP contribution in [0.2, 0.25) is 0 Å². The summed E-state index contributed by atoms with van der Waals surface area (Å²) in [6.07, 6.45) is 45.1. The van der Waals surface area contributed by atoms with Crippen molar-refractivity contribution in [2.75, 3.05) is 14.1 Å². The number of carbonyl (C=O) groups excluding carboxylic acids is 2. The van der Waals surface area contributed by atoms with Crippen molar-refractivity contribution in [2.24, 2.45) is 0 Å². The van der Waals surface area contributed by atoms with Crippen molar-refractivity contribution in [2.45, 2.75) is 199 Å². The molecule has 0 aromatic heterocycles. The van der Waals surface area contributed by atoms with Gasteiger partial charge in [-0.05, 0) is 97.6 Å². The average molecular weight is 670 g/mol. The molecule has 3 atom stereocenters. The lowest BCUT2D eigenvalue weighted by atomic mass is 9.89. The fourth-order valence-corrected chi connectivity index (χ4v) is 6.24. The van der Waals surface area contributed by atoms with Gasteiger partial charge in [0, 0.05) is 25.3 Å². The maximum atomic E-state index is 12.8. The molecule has 5 nitrogen and oxygen atoms in total. The van der Waals surface area contributed by atoms with Crippen molar-refractivity contribution in [3.63, 3.8) is 0 Å². The molecule has 0 radical (unpaired) electrons. The van der Waals surface area contributed by atoms with E-state index in [-0.39, 0.29) is 24.1 Å². The molecule has 0 unspecified atom stereocenters. The van der Waals surface area contributed by atoms with Crippen LogP contribution < -0.4 is 0 Å². The summed E-state index contributed by atoms with van der Waals surface area (Å²) in [5.41, 5.74) is 0. The fraction of sp³-hybridized carbons (Fsp3) is 0.767. The highest BCUT2D eigenvalue weighted by Gasteiger charge is 2.36. The molecule has 1 aliphatic carbocycles. The molecule has 0 aromatic rings. The van der Waals surface area contributed by atoms with Gasteiger partial charge in [-0.25, -0.2) is 0 Å². The lowest BCUT2D eigenvalue weighted by Gasteiger charge is -2.37. The Hall–Kier alpha value is -2.14. The summed E-state index contributed by atoms with van der Waals surface area (Å²) in [4.78, 5) is 27.7. The van der Waals surface area contributed by atoms with Crippen molar-refractivity contribution in [1.82, 2.24) is 4.90 Å². The summed E-state index contributed by atoms with van der Waals surface area (Å²) >= 11 is 0. The molecular formula is C43H75NO4. The van der Waals surface area contributed by atoms with Gasteiger partial charge in [-0.2, -0.15) is 0 Å². The van der Waals surface area contributed by atoms with Crippen LogP contribution in [0.5, 0.6) is 0 Å². The minimum atomic E-state index is -0.347. The normalized spacial score (nSPS) is 18.6. The number of rotatable bonds is 30. The van der Waals surface area contributed by atoms with Crippen molar-refractivity contribution in [1.29, 1.82) is 0 Å². The van der Waals surface area contributed by atoms with Gasteiger partial charge < -0.3 is 14.4 Å². The zero-order valence-corrected chi connectivity index (χ0v) is 31.8. The number of hydrogen-bond acceptors (Lipinski definition) is 5. The van der Waals surface area contributed by atoms with E-state index < -0.39 is 0 Å². The first-order valence-electron chi connectivity index (χ1n) is 20.1. The van der Waals surface area contributed by atoms with Gasteiger partial charge in [0.1, 0.15) is 12.2 Å². The van der Waals surface area contributed by atoms with E-state index in [4.69, 9.17) is 9.47 Å². The lowest BCUT2D eigenvalue weighted by Crippen LogP contribution is -2.46. The van der Waals surface area contributed by atoms with E-state index in [1.54, 1.807) is 0 Å². The number of allylic oxidation sites excluding steroid dienone is 8. The SMILES string of the molecule is CCCC/C=C\C/C=C\CCCCCCCC(=O)O[C@@H]1CC[C@@H](N(C)C)C[C@@H]1OC(=O)CCCCCCC/C=C\C/C=C\CCCCC. The number of carbonyl (C=O) groups is 2. The summed E-state index contributed by atoms with van der Waals surface area (Å²) in [6.45, 7) is 4.47. The zero-order valence-electron chi connectivity index (χ0n) is 31.8. The van der Waals surface area contributed by atoms with Gasteiger partial charge in [0.05, 0.1) is 0 Å². The van der Waals surface area contributed by atoms with Crippen molar-refractivity contribution in [3.8, 4) is 0 Å². The van der Waals surface area contributed by atoms with Gasteiger partial charge in [-0.1, -0.05) is 127 Å². The molecule has 0 heterocycles. The van der Waals surface area contributed by atoms with Gasteiger partial charge >= 0.3 is 11.9 Å². The standard InChI is InChI=1S/C43H75NO4/c1-5-7-9-11-13-15-17-19-21-23-25-27-29-31-33-35-43(46)48-41-38-39(44(3)4)36-37-40(41)47-42(45)34-32-30-28-26-24-22-20-18-16-14-12-10-8-6-2/h12-15,18-21,39-41H,5-11,16-17,22-38H2,1-4H3/b14-12-,15-13-,20-18-,21-19-/t39-,40-,41+/m1/s1. The molecule has 0 amide bonds. The Balaban J connectivity index is 2.20. The first-order valence-corrected chi connectivity index (χ1v) is 20.1. The smallest absolute Gasteiger partial charge is 0.306 e. The molecule has 1 rings (SSSR count). The van der Waals surface area contributed by atoms with Gasteiger partial charge in [-0.3, -0.25) is 9.59 Å². The van der Waals surface area contributed by atoms with Crippen LogP contribution in [-0.4, -0.2) is 49.2 Å². The van der Waals surface area contributed by atoms with Gasteiger partial charge in [0.2, 0.25) is 0 Å². The molecule has 1 fully saturated rings. The van der Waals surface area contributed by atoms with Crippen LogP contribution in [0.15, 0.2) is 48.6 Å². The van der Waals surface area contributed by atoms with Crippen molar-refractivity contribution >= 4 is 11.9 Å². The highest BCUT2D eigenvalue weighted by atomic mass is 16.6. The summed E-state index contributed by atoms with van der Waals surface area (Å²) in [5, 5.41) is 0. The molecule has 1 saturated carbocycles. The monoisotopic (exact) mass is 670 g/mol. The zero-order chi connectivity index (χ0) is 34.9. The molecular weight excluding hydrogens is 594 g/mol. The van der Waals surface area contributed by atoms with E-state index in [2.05, 4.69) is 81.5 Å². The third-order valence-electron chi connectivity index (χ3n) is 9.41. The highest BCUT2D eigenvalue weighted by Crippen LogP contribution is 2.28. The van der Waals surface area contributed by atoms with Crippen molar-refractivity contribution < 1.29 is 19.1 Å². The predicted octanol–water partition coefficient (Wildman–Crippen LogP) is 12.2. The Kier molecular flexibility index (Phi) is 29.3. The maximum Gasteiger partial charge on any atom is 0.306 e. The van der Waals surface area contributed by atoms with E-state index in [9.17, 15) is 9.59 Å². The van der Waals surface area contributed by atoms with Crippen LogP contribution in [-0.2, 0) is 19.1 Å². The number of ether oxygens (including phenoxy) is 2. The average Bonchev–Trinajstić information content (AvgIpc) is 3.07. The first-order chi connectivity index (χ1) is 23.5. The molecule has 48 heavy (non-hydrogen) atoms. The van der Waals surface area contributed by atoms with Crippen LogP contribution in [0.3, 0.4) is 0 Å². The minimum Gasteiger partial charge on any atom is -0.458 e. The molecule has 0 N–H and O–H groups in total. The Morgan fingerprint density at radius 3 is 1.42 bits per heavy atom. The van der Waals surface area contributed by atoms with E-state index in [0.29, 0.717) is 18.9 Å². The third-order valence-corrected chi connectivity index (χ3v) is 9.41. The molecule has 0 saturated heterocycles. The second kappa shape index (κ2) is 32.1. The largest absolute Gasteiger partial charge is 0.458 e. The Bertz CT molecular complexity index is 889. The third kappa shape index (κ3) is 25.8. The summed E-state index contributed by atoms with van der Waals surface area (Å²) in [5.74, 6) is -0.294. The highest BCUT2D eigenvalue weighted by molar-refractivity contribution is 5.70. The maximum absolute atomic E-state index is 12.8. The second-order valence-electron chi connectivity index (χ2n) is 14.1. The van der Waals surface area contributed by atoms with Gasteiger partial charge in [0.15, 0.2) is 0 Å². The van der Waals surface area contributed by atoms with E-state index in [1.165, 1.54) is 70.6 Å². The summed E-state index contributed by atoms with van der Waals surface area (Å²) in [7, 11) is 4.14. The molecule has 5 heteroatoms. The number of hydrogen-bond donors (Lipinski definition) is 0. The van der Waals surface area contributed by atoms with E-state index in [1.807, 2.05) is 0 Å². The minimum absolute atomic E-state index is 0.145. The summed E-state index contributed by atoms with van der Waals surface area (Å²) in [6, 6.07) is 0.339. The quantitative estimate of drug-likeness (QED) is 0.0433. The summed E-state index contributed by atoms with van der Waals surface area (Å²) < 4.78 is 11.9. The predicted molar refractivity (Wildman–Crippen MR) is 205 cm³/mol. The molecule has 0 bridgehead atoms. The number of esters is 2. The fourth-order valence-electron chi connectivity index (χ4n) is 6.24. The van der Waals surface area contributed by atoms with Gasteiger partial charge in [-0.15, -0.1) is 0 Å².